The molecule has 2 saturated carbocycles. The highest BCUT2D eigenvalue weighted by Gasteiger charge is 2.52. The van der Waals surface area contributed by atoms with E-state index >= 15 is 0 Å². The molecule has 2 rings (SSSR count). The minimum atomic E-state index is -0.652. The van der Waals surface area contributed by atoms with Crippen LogP contribution in [0.25, 0.3) is 0 Å². The lowest BCUT2D eigenvalue weighted by molar-refractivity contribution is -0.159. The van der Waals surface area contributed by atoms with Gasteiger partial charge >= 0.3 is 5.97 Å². The van der Waals surface area contributed by atoms with E-state index in [1.54, 1.807) is 0 Å². The van der Waals surface area contributed by atoms with Crippen molar-refractivity contribution in [1.29, 1.82) is 0 Å². The number of aliphatic hydroxyl groups is 1. The summed E-state index contributed by atoms with van der Waals surface area (Å²) in [5.41, 5.74) is -0.652. The van der Waals surface area contributed by atoms with Crippen LogP contribution in [0.5, 0.6) is 0 Å². The third-order valence-corrected chi connectivity index (χ3v) is 4.94. The number of hydrogen-bond donors (Lipinski definition) is 1. The Balaban J connectivity index is 1.98. The Morgan fingerprint density at radius 2 is 2.06 bits per heavy atom. The van der Waals surface area contributed by atoms with Crippen LogP contribution in [0.4, 0.5) is 0 Å². The molecule has 0 heterocycles. The molecule has 0 spiro atoms. The highest BCUT2D eigenvalue weighted by Crippen LogP contribution is 2.53. The summed E-state index contributed by atoms with van der Waals surface area (Å²) in [5, 5.41) is 10.2. The molecule has 0 aromatic heterocycles. The Labute approximate surface area is 110 Å². The molecule has 0 radical (unpaired) electrons. The van der Waals surface area contributed by atoms with Crippen molar-refractivity contribution in [2.45, 2.75) is 65.1 Å². The monoisotopic (exact) mass is 254 g/mol. The van der Waals surface area contributed by atoms with Crippen LogP contribution in [0, 0.1) is 23.7 Å². The fraction of sp³-hybridized carbons (Fsp3) is 0.933. The van der Waals surface area contributed by atoms with Gasteiger partial charge in [-0.2, -0.15) is 0 Å². The lowest BCUT2D eigenvalue weighted by Crippen LogP contribution is -2.41. The number of hydrogen-bond acceptors (Lipinski definition) is 3. The van der Waals surface area contributed by atoms with Gasteiger partial charge in [0, 0.05) is 5.92 Å². The van der Waals surface area contributed by atoms with Crippen LogP contribution in [0.1, 0.15) is 53.4 Å². The number of esters is 1. The first-order valence-electron chi connectivity index (χ1n) is 7.25. The number of fused-ring (bicyclic) bond motifs is 2. The van der Waals surface area contributed by atoms with E-state index in [9.17, 15) is 9.90 Å². The predicted octanol–water partition coefficient (Wildman–Crippen LogP) is 2.76. The van der Waals surface area contributed by atoms with Crippen LogP contribution in [0.3, 0.4) is 0 Å². The molecule has 5 atom stereocenters. The zero-order valence-corrected chi connectivity index (χ0v) is 12.0. The molecular weight excluding hydrogens is 228 g/mol. The molecule has 0 aromatic rings. The van der Waals surface area contributed by atoms with Crippen molar-refractivity contribution in [2.75, 3.05) is 0 Å². The number of carbonyl (C=O) groups excluding carboxylic acids is 1. The van der Waals surface area contributed by atoms with Gasteiger partial charge in [0.25, 0.3) is 0 Å². The SMILES string of the molecule is CCC(C)C(=O)OC1CC2CC1C(C(C)(C)O)C2. The third kappa shape index (κ3) is 2.56. The van der Waals surface area contributed by atoms with Crippen LogP contribution < -0.4 is 0 Å². The van der Waals surface area contributed by atoms with Gasteiger partial charge in [-0.3, -0.25) is 4.79 Å². The zero-order chi connectivity index (χ0) is 13.5. The molecule has 0 amide bonds. The smallest absolute Gasteiger partial charge is 0.308 e. The molecule has 0 aromatic carbocycles. The summed E-state index contributed by atoms with van der Waals surface area (Å²) in [4.78, 5) is 11.9. The van der Waals surface area contributed by atoms with E-state index in [0.717, 1.165) is 25.7 Å². The summed E-state index contributed by atoms with van der Waals surface area (Å²) >= 11 is 0. The fourth-order valence-corrected chi connectivity index (χ4v) is 3.67. The second-order valence-corrected chi connectivity index (χ2v) is 6.78. The molecule has 0 aliphatic heterocycles. The van der Waals surface area contributed by atoms with E-state index < -0.39 is 5.60 Å². The Morgan fingerprint density at radius 3 is 2.56 bits per heavy atom. The standard InChI is InChI=1S/C15H26O3/c1-5-9(2)14(16)18-13-8-10-6-11(13)12(7-10)15(3,4)17/h9-13,17H,5-8H2,1-4H3. The minimum absolute atomic E-state index is 0.00952. The number of ether oxygens (including phenoxy) is 1. The average Bonchev–Trinajstić information content (AvgIpc) is 2.86. The molecule has 5 unspecified atom stereocenters. The highest BCUT2D eigenvalue weighted by molar-refractivity contribution is 5.72. The van der Waals surface area contributed by atoms with Gasteiger partial charge in [-0.05, 0) is 51.4 Å². The molecule has 18 heavy (non-hydrogen) atoms. The van der Waals surface area contributed by atoms with Crippen LogP contribution in [0.15, 0.2) is 0 Å². The first kappa shape index (κ1) is 13.9. The molecule has 3 heteroatoms. The second kappa shape index (κ2) is 4.84. The zero-order valence-electron chi connectivity index (χ0n) is 12.0. The van der Waals surface area contributed by atoms with Gasteiger partial charge in [0.15, 0.2) is 0 Å². The Bertz CT molecular complexity index is 318. The molecule has 2 bridgehead atoms. The van der Waals surface area contributed by atoms with Crippen molar-refractivity contribution in [1.82, 2.24) is 0 Å². The summed E-state index contributed by atoms with van der Waals surface area (Å²) in [5.74, 6) is 1.21. The van der Waals surface area contributed by atoms with E-state index in [-0.39, 0.29) is 23.9 Å². The first-order chi connectivity index (χ1) is 8.32. The second-order valence-electron chi connectivity index (χ2n) is 6.78. The molecule has 1 N–H and O–H groups in total. The lowest BCUT2D eigenvalue weighted by Gasteiger charge is -2.36. The average molecular weight is 254 g/mol. The van der Waals surface area contributed by atoms with E-state index in [1.165, 1.54) is 0 Å². The first-order valence-corrected chi connectivity index (χ1v) is 7.25. The Hall–Kier alpha value is -0.570. The van der Waals surface area contributed by atoms with Crippen LogP contribution in [-0.4, -0.2) is 22.8 Å². The Morgan fingerprint density at radius 1 is 1.39 bits per heavy atom. The van der Waals surface area contributed by atoms with Crippen molar-refractivity contribution in [3.05, 3.63) is 0 Å². The maximum atomic E-state index is 11.9. The van der Waals surface area contributed by atoms with Gasteiger partial charge in [0.05, 0.1) is 11.5 Å². The van der Waals surface area contributed by atoms with Crippen molar-refractivity contribution in [3.8, 4) is 0 Å². The van der Waals surface area contributed by atoms with Gasteiger partial charge in [-0.25, -0.2) is 0 Å². The van der Waals surface area contributed by atoms with E-state index in [2.05, 4.69) is 0 Å². The molecule has 104 valence electrons. The van der Waals surface area contributed by atoms with Crippen molar-refractivity contribution < 1.29 is 14.6 Å². The largest absolute Gasteiger partial charge is 0.462 e. The van der Waals surface area contributed by atoms with Crippen LogP contribution in [0.2, 0.25) is 0 Å². The van der Waals surface area contributed by atoms with Crippen molar-refractivity contribution in [3.63, 3.8) is 0 Å². The molecule has 2 aliphatic rings. The van der Waals surface area contributed by atoms with Crippen LogP contribution >= 0.6 is 0 Å². The summed E-state index contributed by atoms with van der Waals surface area (Å²) in [7, 11) is 0. The molecule has 3 nitrogen and oxygen atoms in total. The van der Waals surface area contributed by atoms with E-state index in [1.807, 2.05) is 27.7 Å². The summed E-state index contributed by atoms with van der Waals surface area (Å²) < 4.78 is 5.67. The summed E-state index contributed by atoms with van der Waals surface area (Å²) in [6, 6.07) is 0. The molecule has 0 saturated heterocycles. The topological polar surface area (TPSA) is 46.5 Å². The molecular formula is C15H26O3. The predicted molar refractivity (Wildman–Crippen MR) is 70.0 cm³/mol. The van der Waals surface area contributed by atoms with Crippen LogP contribution in [-0.2, 0) is 9.53 Å². The highest BCUT2D eigenvalue weighted by atomic mass is 16.5. The third-order valence-electron chi connectivity index (χ3n) is 4.94. The van der Waals surface area contributed by atoms with Gasteiger partial charge in [0.1, 0.15) is 6.10 Å². The minimum Gasteiger partial charge on any atom is -0.462 e. The molecule has 2 fully saturated rings. The van der Waals surface area contributed by atoms with Crippen molar-refractivity contribution in [2.24, 2.45) is 23.7 Å². The van der Waals surface area contributed by atoms with E-state index in [0.29, 0.717) is 11.8 Å². The molecule has 2 aliphatic carbocycles. The lowest BCUT2D eigenvalue weighted by atomic mass is 9.77. The number of rotatable bonds is 4. The maximum Gasteiger partial charge on any atom is 0.308 e. The van der Waals surface area contributed by atoms with Gasteiger partial charge < -0.3 is 9.84 Å². The van der Waals surface area contributed by atoms with Gasteiger partial charge in [-0.1, -0.05) is 13.8 Å². The fourth-order valence-electron chi connectivity index (χ4n) is 3.67. The van der Waals surface area contributed by atoms with Crippen molar-refractivity contribution >= 4 is 5.97 Å². The Kier molecular flexibility index (Phi) is 3.72. The maximum absolute atomic E-state index is 11.9. The summed E-state index contributed by atoms with van der Waals surface area (Å²) in [6.45, 7) is 7.69. The number of carbonyl (C=O) groups is 1. The quantitative estimate of drug-likeness (QED) is 0.785. The normalized spacial score (nSPS) is 36.7. The summed E-state index contributed by atoms with van der Waals surface area (Å²) in [6.07, 6.45) is 4.08. The van der Waals surface area contributed by atoms with Gasteiger partial charge in [-0.15, -0.1) is 0 Å². The van der Waals surface area contributed by atoms with Gasteiger partial charge in [0.2, 0.25) is 0 Å². The van der Waals surface area contributed by atoms with E-state index in [4.69, 9.17) is 4.74 Å².